The minimum absolute atomic E-state index is 0.107. The number of carbonyl (C=O) groups is 2. The van der Waals surface area contributed by atoms with Crippen LogP contribution in [0.5, 0.6) is 0 Å². The van der Waals surface area contributed by atoms with Crippen molar-refractivity contribution in [2.45, 2.75) is 51.1 Å². The van der Waals surface area contributed by atoms with Crippen LogP contribution in [0.25, 0.3) is 0 Å². The number of amides is 2. The summed E-state index contributed by atoms with van der Waals surface area (Å²) in [6.07, 6.45) is -4.09. The van der Waals surface area contributed by atoms with Gasteiger partial charge in [0.25, 0.3) is 0 Å². The van der Waals surface area contributed by atoms with Gasteiger partial charge in [-0.3, -0.25) is 9.59 Å². The summed E-state index contributed by atoms with van der Waals surface area (Å²) in [7, 11) is 0. The first kappa shape index (κ1) is 24.7. The highest BCUT2D eigenvalue weighted by Crippen LogP contribution is 2.23. The molecular formula is C20H26F3N5O2S. The van der Waals surface area contributed by atoms with E-state index in [1.165, 1.54) is 0 Å². The number of aromatic nitrogens is 3. The van der Waals surface area contributed by atoms with E-state index in [0.29, 0.717) is 29.5 Å². The number of nitrogens with two attached hydrogens (primary N) is 1. The van der Waals surface area contributed by atoms with Gasteiger partial charge in [0.05, 0.1) is 5.75 Å². The van der Waals surface area contributed by atoms with E-state index in [9.17, 15) is 22.8 Å². The average molecular weight is 458 g/mol. The van der Waals surface area contributed by atoms with Crippen LogP contribution in [0.3, 0.4) is 0 Å². The number of hydrogen-bond donors (Lipinski definition) is 1. The Bertz CT molecular complexity index is 871. The van der Waals surface area contributed by atoms with Gasteiger partial charge in [-0.2, -0.15) is 13.2 Å². The summed E-state index contributed by atoms with van der Waals surface area (Å²) in [5.41, 5.74) is 5.81. The Balaban J connectivity index is 2.12. The van der Waals surface area contributed by atoms with E-state index >= 15 is 0 Å². The van der Waals surface area contributed by atoms with Crippen LogP contribution >= 0.6 is 11.8 Å². The molecule has 1 heterocycles. The smallest absolute Gasteiger partial charge is 0.370 e. The zero-order valence-electron chi connectivity index (χ0n) is 17.4. The molecular weight excluding hydrogens is 431 g/mol. The number of rotatable bonds is 11. The number of alkyl halides is 3. The summed E-state index contributed by atoms with van der Waals surface area (Å²) in [5, 5.41) is 8.56. The Morgan fingerprint density at radius 3 is 2.45 bits per heavy atom. The first-order chi connectivity index (χ1) is 14.5. The van der Waals surface area contributed by atoms with E-state index in [-0.39, 0.29) is 24.6 Å². The number of hydrogen-bond acceptors (Lipinski definition) is 5. The van der Waals surface area contributed by atoms with E-state index < -0.39 is 24.5 Å². The van der Waals surface area contributed by atoms with Gasteiger partial charge in [-0.05, 0) is 11.5 Å². The van der Waals surface area contributed by atoms with Crippen LogP contribution in [0.4, 0.5) is 13.2 Å². The molecule has 0 unspecified atom stereocenters. The molecule has 1 aromatic carbocycles. The monoisotopic (exact) mass is 457 g/mol. The van der Waals surface area contributed by atoms with Crippen LogP contribution in [0.2, 0.25) is 0 Å². The third-order valence-corrected chi connectivity index (χ3v) is 5.15. The van der Waals surface area contributed by atoms with Crippen LogP contribution < -0.4 is 5.73 Å². The molecule has 2 N–H and O–H groups in total. The minimum atomic E-state index is -4.51. The lowest BCUT2D eigenvalue weighted by molar-refractivity contribution is -0.160. The summed E-state index contributed by atoms with van der Waals surface area (Å²) >= 11 is 1.03. The van der Waals surface area contributed by atoms with Gasteiger partial charge in [-0.25, -0.2) is 0 Å². The molecule has 11 heteroatoms. The fraction of sp³-hybridized carbons (Fsp3) is 0.500. The molecule has 0 saturated heterocycles. The number of primary amides is 1. The Morgan fingerprint density at radius 2 is 1.87 bits per heavy atom. The van der Waals surface area contributed by atoms with Crippen molar-refractivity contribution in [2.24, 2.45) is 11.7 Å². The summed E-state index contributed by atoms with van der Waals surface area (Å²) < 4.78 is 40.9. The van der Waals surface area contributed by atoms with Crippen LogP contribution in [0.15, 0.2) is 35.5 Å². The van der Waals surface area contributed by atoms with Gasteiger partial charge in [-0.1, -0.05) is 55.9 Å². The number of aryl methyl sites for hydroxylation is 1. The summed E-state index contributed by atoms with van der Waals surface area (Å²) in [6, 6.07) is 8.53. The third kappa shape index (κ3) is 8.60. The molecule has 0 spiro atoms. The third-order valence-electron chi connectivity index (χ3n) is 4.20. The molecule has 0 fully saturated rings. The lowest BCUT2D eigenvalue weighted by Crippen LogP contribution is -2.39. The number of halogens is 3. The first-order valence-electron chi connectivity index (χ1n) is 9.76. The standard InChI is InChI=1S/C20H26F3N5O2S/c1-14(2)10-28-17(9-8-16(24)29)25-26-19(28)31-12-18(30)27(13-20(21,22)23)11-15-6-4-3-5-7-15/h3-7,14H,8-13H2,1-2H3,(H2,24,29). The second-order valence-corrected chi connectivity index (χ2v) is 8.45. The maximum Gasteiger partial charge on any atom is 0.406 e. The number of carbonyl (C=O) groups excluding carboxylic acids is 2. The topological polar surface area (TPSA) is 94.1 Å². The molecule has 0 aliphatic carbocycles. The fourth-order valence-electron chi connectivity index (χ4n) is 2.86. The highest BCUT2D eigenvalue weighted by atomic mass is 32.2. The zero-order chi connectivity index (χ0) is 23.0. The van der Waals surface area contributed by atoms with Gasteiger partial charge in [-0.15, -0.1) is 10.2 Å². The lowest BCUT2D eigenvalue weighted by atomic mass is 10.2. The van der Waals surface area contributed by atoms with Crippen molar-refractivity contribution in [1.82, 2.24) is 19.7 Å². The van der Waals surface area contributed by atoms with E-state index in [2.05, 4.69) is 10.2 Å². The van der Waals surface area contributed by atoms with Gasteiger partial charge in [0, 0.05) is 25.9 Å². The van der Waals surface area contributed by atoms with E-state index in [0.717, 1.165) is 16.7 Å². The molecule has 1 aromatic heterocycles. The lowest BCUT2D eigenvalue weighted by Gasteiger charge is -2.24. The van der Waals surface area contributed by atoms with E-state index in [4.69, 9.17) is 5.73 Å². The van der Waals surface area contributed by atoms with Crippen molar-refractivity contribution in [3.63, 3.8) is 0 Å². The second kappa shape index (κ2) is 11.2. The van der Waals surface area contributed by atoms with Gasteiger partial charge in [0.15, 0.2) is 5.16 Å². The first-order valence-corrected chi connectivity index (χ1v) is 10.8. The molecule has 0 atom stereocenters. The minimum Gasteiger partial charge on any atom is -0.370 e. The summed E-state index contributed by atoms with van der Waals surface area (Å²) in [4.78, 5) is 24.5. The Labute approximate surface area is 183 Å². The van der Waals surface area contributed by atoms with Crippen molar-refractivity contribution in [3.05, 3.63) is 41.7 Å². The van der Waals surface area contributed by atoms with E-state index in [1.807, 2.05) is 13.8 Å². The van der Waals surface area contributed by atoms with Gasteiger partial charge < -0.3 is 15.2 Å². The van der Waals surface area contributed by atoms with Crippen molar-refractivity contribution in [2.75, 3.05) is 12.3 Å². The van der Waals surface area contributed by atoms with Crippen LogP contribution in [-0.2, 0) is 29.1 Å². The predicted molar refractivity (Wildman–Crippen MR) is 111 cm³/mol. The Morgan fingerprint density at radius 1 is 1.19 bits per heavy atom. The molecule has 0 aliphatic heterocycles. The molecule has 0 saturated carbocycles. The maximum absolute atomic E-state index is 13.0. The van der Waals surface area contributed by atoms with Crippen molar-refractivity contribution < 1.29 is 22.8 Å². The van der Waals surface area contributed by atoms with E-state index in [1.54, 1.807) is 34.9 Å². The number of nitrogens with zero attached hydrogens (tertiary/aromatic N) is 4. The summed E-state index contributed by atoms with van der Waals surface area (Å²) in [6.45, 7) is 3.06. The van der Waals surface area contributed by atoms with Crippen LogP contribution in [-0.4, -0.2) is 50.0 Å². The van der Waals surface area contributed by atoms with Crippen LogP contribution in [0.1, 0.15) is 31.7 Å². The molecule has 7 nitrogen and oxygen atoms in total. The Kier molecular flexibility index (Phi) is 8.90. The van der Waals surface area contributed by atoms with Crippen molar-refractivity contribution in [1.29, 1.82) is 0 Å². The molecule has 170 valence electrons. The van der Waals surface area contributed by atoms with Crippen molar-refractivity contribution in [3.8, 4) is 0 Å². The highest BCUT2D eigenvalue weighted by Gasteiger charge is 2.33. The molecule has 0 aliphatic rings. The van der Waals surface area contributed by atoms with Crippen molar-refractivity contribution >= 4 is 23.6 Å². The van der Waals surface area contributed by atoms with Crippen LogP contribution in [0, 0.1) is 5.92 Å². The molecule has 0 radical (unpaired) electrons. The number of thioether (sulfide) groups is 1. The number of benzene rings is 1. The molecule has 2 amide bonds. The Hall–Kier alpha value is -2.56. The average Bonchev–Trinajstić information content (AvgIpc) is 3.04. The summed E-state index contributed by atoms with van der Waals surface area (Å²) in [5.74, 6) is -0.539. The fourth-order valence-corrected chi connectivity index (χ4v) is 3.73. The molecule has 0 bridgehead atoms. The SMILES string of the molecule is CC(C)Cn1c(CCC(N)=O)nnc1SCC(=O)N(Cc1ccccc1)CC(F)(F)F. The predicted octanol–water partition coefficient (Wildman–Crippen LogP) is 3.04. The highest BCUT2D eigenvalue weighted by molar-refractivity contribution is 7.99. The normalized spacial score (nSPS) is 11.7. The maximum atomic E-state index is 13.0. The van der Waals surface area contributed by atoms with Gasteiger partial charge in [0.1, 0.15) is 12.4 Å². The second-order valence-electron chi connectivity index (χ2n) is 7.51. The molecule has 31 heavy (non-hydrogen) atoms. The van der Waals surface area contributed by atoms with Gasteiger partial charge in [0.2, 0.25) is 11.8 Å². The van der Waals surface area contributed by atoms with Gasteiger partial charge >= 0.3 is 6.18 Å². The zero-order valence-corrected chi connectivity index (χ0v) is 18.2. The largest absolute Gasteiger partial charge is 0.406 e. The molecule has 2 rings (SSSR count). The molecule has 2 aromatic rings. The quantitative estimate of drug-likeness (QED) is 0.524.